The maximum Gasteiger partial charge on any atom is 0.210 e. The molecule has 5 nitrogen and oxygen atoms in total. The Morgan fingerprint density at radius 3 is 2.33 bits per heavy atom. The number of pyridine rings is 1. The van der Waals surface area contributed by atoms with Gasteiger partial charge in [0.25, 0.3) is 0 Å². The topological polar surface area (TPSA) is 59.5 Å². The van der Waals surface area contributed by atoms with Crippen molar-refractivity contribution >= 4 is 38.0 Å². The van der Waals surface area contributed by atoms with Crippen molar-refractivity contribution in [3.8, 4) is 5.75 Å². The van der Waals surface area contributed by atoms with E-state index in [1.54, 1.807) is 49.6 Å². The lowest BCUT2D eigenvalue weighted by atomic mass is 10.1. The number of benzene rings is 2. The molecule has 0 unspecified atom stereocenters. The fourth-order valence-corrected chi connectivity index (χ4v) is 4.68. The summed E-state index contributed by atoms with van der Waals surface area (Å²) in [5.41, 5.74) is 1.33. The highest BCUT2D eigenvalue weighted by molar-refractivity contribution is 7.91. The van der Waals surface area contributed by atoms with E-state index >= 15 is 0 Å². The molecule has 1 aromatic heterocycles. The number of rotatable bonds is 6. The fraction of sp³-hybridized carbons (Fsp3) is 0.250. The minimum atomic E-state index is -3.77. The minimum Gasteiger partial charge on any atom is -0.497 e. The average molecular weight is 405 g/mol. The van der Waals surface area contributed by atoms with Gasteiger partial charge in [-0.1, -0.05) is 11.6 Å². The van der Waals surface area contributed by atoms with Gasteiger partial charge >= 0.3 is 0 Å². The summed E-state index contributed by atoms with van der Waals surface area (Å²) in [4.78, 5) is 6.75. The summed E-state index contributed by atoms with van der Waals surface area (Å²) in [5.74, 6) is 0.598. The zero-order valence-corrected chi connectivity index (χ0v) is 17.0. The maximum absolute atomic E-state index is 13.4. The van der Waals surface area contributed by atoms with Crippen molar-refractivity contribution in [2.75, 3.05) is 25.1 Å². The molecule has 142 valence electrons. The van der Waals surface area contributed by atoms with Crippen molar-refractivity contribution in [1.29, 1.82) is 0 Å². The molecule has 7 heteroatoms. The molecule has 0 atom stereocenters. The molecule has 0 aliphatic rings. The van der Waals surface area contributed by atoms with Gasteiger partial charge in [0, 0.05) is 29.7 Å². The molecule has 0 fully saturated rings. The van der Waals surface area contributed by atoms with Crippen LogP contribution in [0.4, 0.5) is 5.69 Å². The first-order valence-electron chi connectivity index (χ1n) is 8.64. The number of hydrogen-bond donors (Lipinski definition) is 0. The van der Waals surface area contributed by atoms with Crippen LogP contribution in [0.3, 0.4) is 0 Å². The SMILES string of the molecule is CCN(CC)c1c(S(=O)(=O)c2ccc(OC)cc2)cnc2ccc(Cl)cc12. The van der Waals surface area contributed by atoms with Crippen molar-refractivity contribution < 1.29 is 13.2 Å². The van der Waals surface area contributed by atoms with E-state index in [0.29, 0.717) is 35.1 Å². The normalized spacial score (nSPS) is 11.6. The van der Waals surface area contributed by atoms with Gasteiger partial charge in [-0.2, -0.15) is 0 Å². The van der Waals surface area contributed by atoms with Crippen LogP contribution in [0.15, 0.2) is 58.5 Å². The molecule has 1 heterocycles. The Balaban J connectivity index is 2.30. The monoisotopic (exact) mass is 404 g/mol. The van der Waals surface area contributed by atoms with Crippen molar-refractivity contribution in [2.24, 2.45) is 0 Å². The van der Waals surface area contributed by atoms with Crippen LogP contribution in [0.2, 0.25) is 5.02 Å². The first-order valence-corrected chi connectivity index (χ1v) is 10.5. The van der Waals surface area contributed by atoms with Crippen LogP contribution in [0.25, 0.3) is 10.9 Å². The van der Waals surface area contributed by atoms with E-state index in [1.165, 1.54) is 6.20 Å². The summed E-state index contributed by atoms with van der Waals surface area (Å²) < 4.78 is 31.9. The van der Waals surface area contributed by atoms with Crippen molar-refractivity contribution in [2.45, 2.75) is 23.6 Å². The Bertz CT molecular complexity index is 1060. The van der Waals surface area contributed by atoms with Crippen LogP contribution in [0.1, 0.15) is 13.8 Å². The number of fused-ring (bicyclic) bond motifs is 1. The first-order chi connectivity index (χ1) is 12.9. The van der Waals surface area contributed by atoms with Gasteiger partial charge in [-0.05, 0) is 56.3 Å². The molecule has 3 rings (SSSR count). The van der Waals surface area contributed by atoms with Crippen LogP contribution in [0, 0.1) is 0 Å². The zero-order valence-electron chi connectivity index (χ0n) is 15.4. The molecule has 0 N–H and O–H groups in total. The van der Waals surface area contributed by atoms with Gasteiger partial charge in [0.2, 0.25) is 9.84 Å². The lowest BCUT2D eigenvalue weighted by molar-refractivity contribution is 0.414. The third-order valence-electron chi connectivity index (χ3n) is 4.51. The van der Waals surface area contributed by atoms with E-state index in [1.807, 2.05) is 18.7 Å². The predicted octanol–water partition coefficient (Wildman–Crippen LogP) is 4.58. The predicted molar refractivity (Wildman–Crippen MR) is 109 cm³/mol. The van der Waals surface area contributed by atoms with E-state index in [-0.39, 0.29) is 9.79 Å². The summed E-state index contributed by atoms with van der Waals surface area (Å²) >= 11 is 6.19. The molecule has 0 amide bonds. The second-order valence-electron chi connectivity index (χ2n) is 5.98. The zero-order chi connectivity index (χ0) is 19.6. The fourth-order valence-electron chi connectivity index (χ4n) is 3.08. The summed E-state index contributed by atoms with van der Waals surface area (Å²) in [7, 11) is -2.23. The van der Waals surface area contributed by atoms with Gasteiger partial charge in [0.05, 0.1) is 23.2 Å². The maximum atomic E-state index is 13.4. The Morgan fingerprint density at radius 2 is 1.74 bits per heavy atom. The van der Waals surface area contributed by atoms with E-state index < -0.39 is 9.84 Å². The molecule has 0 aliphatic carbocycles. The third kappa shape index (κ3) is 3.59. The van der Waals surface area contributed by atoms with E-state index in [2.05, 4.69) is 4.98 Å². The largest absolute Gasteiger partial charge is 0.497 e. The number of methoxy groups -OCH3 is 1. The van der Waals surface area contributed by atoms with Gasteiger partial charge in [0.15, 0.2) is 0 Å². The number of halogens is 1. The Hall–Kier alpha value is -2.31. The summed E-state index contributed by atoms with van der Waals surface area (Å²) in [6.45, 7) is 5.30. The van der Waals surface area contributed by atoms with E-state index in [9.17, 15) is 8.42 Å². The number of aromatic nitrogens is 1. The van der Waals surface area contributed by atoms with Gasteiger partial charge in [-0.15, -0.1) is 0 Å². The highest BCUT2D eigenvalue weighted by atomic mass is 35.5. The molecule has 0 radical (unpaired) electrons. The quantitative estimate of drug-likeness (QED) is 0.602. The van der Waals surface area contributed by atoms with Crippen LogP contribution in [-0.2, 0) is 9.84 Å². The smallest absolute Gasteiger partial charge is 0.210 e. The van der Waals surface area contributed by atoms with Gasteiger partial charge < -0.3 is 9.64 Å². The minimum absolute atomic E-state index is 0.172. The van der Waals surface area contributed by atoms with Crippen LogP contribution in [-0.4, -0.2) is 33.6 Å². The molecule has 0 saturated heterocycles. The third-order valence-corrected chi connectivity index (χ3v) is 6.51. The highest BCUT2D eigenvalue weighted by Crippen LogP contribution is 2.37. The molecule has 0 aliphatic heterocycles. The average Bonchev–Trinajstić information content (AvgIpc) is 2.68. The summed E-state index contributed by atoms with van der Waals surface area (Å²) in [5, 5.41) is 1.26. The van der Waals surface area contributed by atoms with E-state index in [0.717, 1.165) is 5.39 Å². The summed E-state index contributed by atoms with van der Waals surface area (Å²) in [6, 6.07) is 11.7. The number of ether oxygens (including phenoxy) is 1. The molecule has 27 heavy (non-hydrogen) atoms. The van der Waals surface area contributed by atoms with Crippen molar-refractivity contribution in [3.63, 3.8) is 0 Å². The lowest BCUT2D eigenvalue weighted by Crippen LogP contribution is -2.24. The number of sulfone groups is 1. The molecule has 0 bridgehead atoms. The molecular weight excluding hydrogens is 384 g/mol. The second-order valence-corrected chi connectivity index (χ2v) is 8.34. The number of hydrogen-bond acceptors (Lipinski definition) is 5. The van der Waals surface area contributed by atoms with E-state index in [4.69, 9.17) is 16.3 Å². The van der Waals surface area contributed by atoms with Crippen LogP contribution < -0.4 is 9.64 Å². The van der Waals surface area contributed by atoms with Crippen molar-refractivity contribution in [1.82, 2.24) is 4.98 Å². The van der Waals surface area contributed by atoms with Gasteiger partial charge in [-0.3, -0.25) is 4.98 Å². The molecule has 2 aromatic carbocycles. The first kappa shape index (κ1) is 19.5. The Morgan fingerprint density at radius 1 is 1.07 bits per heavy atom. The number of nitrogens with zero attached hydrogens (tertiary/aromatic N) is 2. The Labute approximate surface area is 164 Å². The molecule has 0 spiro atoms. The number of anilines is 1. The van der Waals surface area contributed by atoms with Crippen LogP contribution >= 0.6 is 11.6 Å². The standard InChI is InChI=1S/C20H21ClN2O3S/c1-4-23(5-2)20-17-12-14(21)6-11-18(17)22-13-19(20)27(24,25)16-9-7-15(26-3)8-10-16/h6-13H,4-5H2,1-3H3. The van der Waals surface area contributed by atoms with Gasteiger partial charge in [0.1, 0.15) is 10.6 Å². The van der Waals surface area contributed by atoms with Gasteiger partial charge in [-0.25, -0.2) is 8.42 Å². The molecule has 3 aromatic rings. The Kier molecular flexibility index (Phi) is 5.58. The molecular formula is C20H21ClN2O3S. The van der Waals surface area contributed by atoms with Crippen LogP contribution in [0.5, 0.6) is 5.75 Å². The lowest BCUT2D eigenvalue weighted by Gasteiger charge is -2.25. The molecule has 0 saturated carbocycles. The summed E-state index contributed by atoms with van der Waals surface area (Å²) in [6.07, 6.45) is 1.43. The van der Waals surface area contributed by atoms with Crippen molar-refractivity contribution in [3.05, 3.63) is 53.7 Å². The highest BCUT2D eigenvalue weighted by Gasteiger charge is 2.26. The second kappa shape index (κ2) is 7.74.